The zero-order valence-electron chi connectivity index (χ0n) is 19.1. The molecule has 1 saturated heterocycles. The molecule has 0 aromatic heterocycles. The van der Waals surface area contributed by atoms with Gasteiger partial charge in [0.15, 0.2) is 0 Å². The number of fused-ring (bicyclic) bond motifs is 2. The highest BCUT2D eigenvalue weighted by Crippen LogP contribution is 2.43. The molecule has 1 atom stereocenters. The summed E-state index contributed by atoms with van der Waals surface area (Å²) in [5.41, 5.74) is 3.09. The molecule has 1 amide bonds. The molecule has 166 valence electrons. The molecule has 2 heterocycles. The summed E-state index contributed by atoms with van der Waals surface area (Å²) in [6, 6.07) is 31.3. The zero-order valence-corrected chi connectivity index (χ0v) is 19.1. The van der Waals surface area contributed by atoms with Gasteiger partial charge in [-0.25, -0.2) is 0 Å². The number of amides is 1. The molecular formula is C29H29N3O. The summed E-state index contributed by atoms with van der Waals surface area (Å²) in [7, 11) is 1.88. The summed E-state index contributed by atoms with van der Waals surface area (Å²) in [6.45, 7) is 2.53. The van der Waals surface area contributed by atoms with Gasteiger partial charge in [0, 0.05) is 12.7 Å². The van der Waals surface area contributed by atoms with Crippen molar-refractivity contribution < 1.29 is 4.79 Å². The van der Waals surface area contributed by atoms with Crippen LogP contribution in [0, 0.1) is 11.3 Å². The molecule has 0 aliphatic carbocycles. The Bertz CT molecular complexity index is 1180. The lowest BCUT2D eigenvalue weighted by molar-refractivity contribution is -0.123. The molecule has 4 heteroatoms. The van der Waals surface area contributed by atoms with E-state index in [4.69, 9.17) is 0 Å². The van der Waals surface area contributed by atoms with E-state index in [9.17, 15) is 10.1 Å². The fraction of sp³-hybridized carbons (Fsp3) is 0.310. The maximum atomic E-state index is 13.8. The number of hydrogen-bond donors (Lipinski definition) is 0. The van der Waals surface area contributed by atoms with Gasteiger partial charge in [0.2, 0.25) is 5.91 Å². The van der Waals surface area contributed by atoms with E-state index in [-0.39, 0.29) is 5.91 Å². The van der Waals surface area contributed by atoms with Crippen molar-refractivity contribution in [1.29, 1.82) is 5.26 Å². The van der Waals surface area contributed by atoms with Gasteiger partial charge in [-0.05, 0) is 67.7 Å². The van der Waals surface area contributed by atoms with Gasteiger partial charge in [-0.2, -0.15) is 5.26 Å². The Hall–Kier alpha value is -3.42. The van der Waals surface area contributed by atoms with E-state index in [1.54, 1.807) is 4.90 Å². The fourth-order valence-corrected chi connectivity index (χ4v) is 5.62. The minimum absolute atomic E-state index is 0.134. The molecule has 1 fully saturated rings. The third-order valence-electron chi connectivity index (χ3n) is 7.72. The van der Waals surface area contributed by atoms with Gasteiger partial charge in [-0.3, -0.25) is 4.79 Å². The second-order valence-electron chi connectivity index (χ2n) is 9.34. The highest BCUT2D eigenvalue weighted by atomic mass is 16.2. The molecule has 1 unspecified atom stereocenters. The summed E-state index contributed by atoms with van der Waals surface area (Å²) in [5, 5.41) is 10.0. The Labute approximate surface area is 196 Å². The number of carbonyl (C=O) groups excluding carboxylic acids is 1. The number of likely N-dealkylation sites (N-methyl/N-ethyl adjacent to an activating group) is 1. The van der Waals surface area contributed by atoms with Crippen LogP contribution in [0.3, 0.4) is 0 Å². The predicted molar refractivity (Wildman–Crippen MR) is 131 cm³/mol. The standard InChI is InChI=1S/C29H29N3O/c1-31-26-14-8-13-25(21-26)29(27(31)33,24-11-6-3-7-12-24)17-20-32-18-15-28(22-30,16-19-32)23-9-4-2-5-10-23/h2-14,21H,15-20H2,1H3. The van der Waals surface area contributed by atoms with Crippen LogP contribution in [0.2, 0.25) is 0 Å². The lowest BCUT2D eigenvalue weighted by Gasteiger charge is -2.43. The first-order valence-electron chi connectivity index (χ1n) is 11.7. The van der Waals surface area contributed by atoms with E-state index in [1.807, 2.05) is 55.6 Å². The van der Waals surface area contributed by atoms with Crippen LogP contribution in [-0.4, -0.2) is 37.5 Å². The largest absolute Gasteiger partial charge is 0.314 e. The molecule has 0 spiro atoms. The van der Waals surface area contributed by atoms with Crippen molar-refractivity contribution in [3.05, 3.63) is 102 Å². The Morgan fingerprint density at radius 1 is 0.848 bits per heavy atom. The molecular weight excluding hydrogens is 406 g/mol. The van der Waals surface area contributed by atoms with Gasteiger partial charge in [-0.15, -0.1) is 0 Å². The normalized spacial score (nSPS) is 22.1. The fourth-order valence-electron chi connectivity index (χ4n) is 5.62. The van der Waals surface area contributed by atoms with Gasteiger partial charge >= 0.3 is 0 Å². The van der Waals surface area contributed by atoms with Crippen LogP contribution in [0.4, 0.5) is 5.69 Å². The predicted octanol–water partition coefficient (Wildman–Crippen LogP) is 4.90. The van der Waals surface area contributed by atoms with E-state index in [2.05, 4.69) is 47.4 Å². The minimum Gasteiger partial charge on any atom is -0.314 e. The van der Waals surface area contributed by atoms with E-state index in [0.717, 1.165) is 54.9 Å². The van der Waals surface area contributed by atoms with E-state index >= 15 is 0 Å². The first kappa shape index (κ1) is 21.4. The number of likely N-dealkylation sites (tertiary alicyclic amines) is 1. The van der Waals surface area contributed by atoms with Gasteiger partial charge in [-0.1, -0.05) is 72.8 Å². The monoisotopic (exact) mass is 435 g/mol. The maximum Gasteiger partial charge on any atom is 0.241 e. The molecule has 4 nitrogen and oxygen atoms in total. The number of anilines is 1. The quantitative estimate of drug-likeness (QED) is 0.573. The molecule has 3 aromatic rings. The summed E-state index contributed by atoms with van der Waals surface area (Å²) in [6.07, 6.45) is 2.35. The Morgan fingerprint density at radius 2 is 1.45 bits per heavy atom. The van der Waals surface area contributed by atoms with Crippen LogP contribution in [-0.2, 0) is 15.6 Å². The maximum absolute atomic E-state index is 13.8. The van der Waals surface area contributed by atoms with Crippen LogP contribution in [0.15, 0.2) is 84.9 Å². The highest BCUT2D eigenvalue weighted by molar-refractivity contribution is 6.05. The number of benzene rings is 3. The van der Waals surface area contributed by atoms with Gasteiger partial charge in [0.25, 0.3) is 0 Å². The van der Waals surface area contributed by atoms with Crippen LogP contribution < -0.4 is 4.90 Å². The zero-order chi connectivity index (χ0) is 22.9. The van der Waals surface area contributed by atoms with Crippen molar-refractivity contribution in [1.82, 2.24) is 4.90 Å². The smallest absolute Gasteiger partial charge is 0.241 e. The Morgan fingerprint density at radius 3 is 2.09 bits per heavy atom. The minimum atomic E-state index is -0.687. The molecule has 2 bridgehead atoms. The number of hydrogen-bond acceptors (Lipinski definition) is 3. The second kappa shape index (κ2) is 8.50. The summed E-state index contributed by atoms with van der Waals surface area (Å²) in [4.78, 5) is 18.0. The van der Waals surface area contributed by atoms with Crippen LogP contribution >= 0.6 is 0 Å². The molecule has 5 rings (SSSR count). The topological polar surface area (TPSA) is 47.3 Å². The van der Waals surface area contributed by atoms with Crippen molar-refractivity contribution in [3.8, 4) is 6.07 Å². The first-order valence-corrected chi connectivity index (χ1v) is 11.7. The van der Waals surface area contributed by atoms with Crippen molar-refractivity contribution in [2.45, 2.75) is 30.1 Å². The van der Waals surface area contributed by atoms with Crippen LogP contribution in [0.5, 0.6) is 0 Å². The van der Waals surface area contributed by atoms with Crippen molar-refractivity contribution >= 4 is 11.6 Å². The molecule has 2 aliphatic heterocycles. The highest BCUT2D eigenvalue weighted by Gasteiger charge is 2.47. The van der Waals surface area contributed by atoms with Gasteiger partial charge in [0.1, 0.15) is 5.41 Å². The second-order valence-corrected chi connectivity index (χ2v) is 9.34. The number of piperidine rings is 1. The number of rotatable bonds is 5. The van der Waals surface area contributed by atoms with Crippen LogP contribution in [0.1, 0.15) is 36.0 Å². The summed E-state index contributed by atoms with van der Waals surface area (Å²) in [5.74, 6) is 0.134. The lowest BCUT2D eigenvalue weighted by atomic mass is 9.68. The third-order valence-corrected chi connectivity index (χ3v) is 7.72. The Balaban J connectivity index is 1.40. The molecule has 0 N–H and O–H groups in total. The molecule has 3 aromatic carbocycles. The average Bonchev–Trinajstić information content (AvgIpc) is 2.89. The van der Waals surface area contributed by atoms with Crippen LogP contribution in [0.25, 0.3) is 0 Å². The molecule has 2 aliphatic rings. The van der Waals surface area contributed by atoms with Crippen molar-refractivity contribution in [3.63, 3.8) is 0 Å². The molecule has 33 heavy (non-hydrogen) atoms. The van der Waals surface area contributed by atoms with Crippen molar-refractivity contribution in [2.24, 2.45) is 0 Å². The number of nitrogens with zero attached hydrogens (tertiary/aromatic N) is 3. The van der Waals surface area contributed by atoms with Gasteiger partial charge in [0.05, 0.1) is 11.5 Å². The van der Waals surface area contributed by atoms with E-state index in [0.29, 0.717) is 6.42 Å². The lowest BCUT2D eigenvalue weighted by Crippen LogP contribution is -2.51. The summed E-state index contributed by atoms with van der Waals surface area (Å²) >= 11 is 0. The third kappa shape index (κ3) is 3.53. The van der Waals surface area contributed by atoms with Gasteiger partial charge < -0.3 is 9.80 Å². The van der Waals surface area contributed by atoms with Crippen molar-refractivity contribution in [2.75, 3.05) is 31.6 Å². The first-order chi connectivity index (χ1) is 16.1. The SMILES string of the molecule is CN1C(=O)C(CCN2CCC(C#N)(c3ccccc3)CC2)(c2ccccc2)c2cccc1c2. The molecule has 0 radical (unpaired) electrons. The van der Waals surface area contributed by atoms with E-state index < -0.39 is 10.8 Å². The van der Waals surface area contributed by atoms with E-state index in [1.165, 1.54) is 0 Å². The Kier molecular flexibility index (Phi) is 5.52. The number of carbonyl (C=O) groups is 1. The summed E-state index contributed by atoms with van der Waals surface area (Å²) < 4.78 is 0. The number of nitriles is 1. The molecule has 0 saturated carbocycles. The average molecular weight is 436 g/mol.